The number of rotatable bonds is 6. The third-order valence-electron chi connectivity index (χ3n) is 2.16. The highest BCUT2D eigenvalue weighted by Crippen LogP contribution is 2.23. The molecule has 2 nitrogen and oxygen atoms in total. The third kappa shape index (κ3) is 4.14. The smallest absolute Gasteiger partial charge is 0.124 e. The lowest BCUT2D eigenvalue weighted by Crippen LogP contribution is -2.08. The summed E-state index contributed by atoms with van der Waals surface area (Å²) in [4.78, 5) is 0. The molecule has 15 heavy (non-hydrogen) atoms. The summed E-state index contributed by atoms with van der Waals surface area (Å²) < 4.78 is 5.71. The zero-order chi connectivity index (χ0) is 11.1. The normalized spacial score (nSPS) is 12.5. The van der Waals surface area contributed by atoms with Crippen molar-refractivity contribution in [2.45, 2.75) is 19.4 Å². The molecular formula is C12H19NOS. The maximum absolute atomic E-state index is 5.86. The van der Waals surface area contributed by atoms with E-state index >= 15 is 0 Å². The van der Waals surface area contributed by atoms with Gasteiger partial charge < -0.3 is 10.5 Å². The zero-order valence-electron chi connectivity index (χ0n) is 9.40. The topological polar surface area (TPSA) is 35.2 Å². The van der Waals surface area contributed by atoms with Crippen molar-refractivity contribution >= 4 is 11.8 Å². The lowest BCUT2D eigenvalue weighted by molar-refractivity contribution is 0.314. The van der Waals surface area contributed by atoms with Crippen molar-refractivity contribution in [2.75, 3.05) is 18.6 Å². The quantitative estimate of drug-likeness (QED) is 0.756. The largest absolute Gasteiger partial charge is 0.493 e. The fourth-order valence-corrected chi connectivity index (χ4v) is 1.78. The SMILES string of the molecule is CSCCCOc1ccccc1[C@H](C)N. The van der Waals surface area contributed by atoms with Gasteiger partial charge in [-0.2, -0.15) is 11.8 Å². The summed E-state index contributed by atoms with van der Waals surface area (Å²) >= 11 is 1.84. The van der Waals surface area contributed by atoms with Crippen LogP contribution in [0.4, 0.5) is 0 Å². The van der Waals surface area contributed by atoms with Crippen LogP contribution in [0.5, 0.6) is 5.75 Å². The summed E-state index contributed by atoms with van der Waals surface area (Å²) in [6.07, 6.45) is 3.18. The van der Waals surface area contributed by atoms with Crippen molar-refractivity contribution in [2.24, 2.45) is 5.73 Å². The van der Waals surface area contributed by atoms with Gasteiger partial charge in [0.25, 0.3) is 0 Å². The molecule has 0 saturated carbocycles. The Morgan fingerprint density at radius 1 is 1.40 bits per heavy atom. The minimum absolute atomic E-state index is 0.0294. The van der Waals surface area contributed by atoms with E-state index < -0.39 is 0 Å². The molecular weight excluding hydrogens is 206 g/mol. The second kappa shape index (κ2) is 6.75. The average Bonchev–Trinajstić information content (AvgIpc) is 2.25. The van der Waals surface area contributed by atoms with Gasteiger partial charge in [-0.3, -0.25) is 0 Å². The summed E-state index contributed by atoms with van der Waals surface area (Å²) in [6.45, 7) is 2.74. The molecule has 1 aromatic carbocycles. The fourth-order valence-electron chi connectivity index (χ4n) is 1.37. The summed E-state index contributed by atoms with van der Waals surface area (Å²) in [5, 5.41) is 0. The zero-order valence-corrected chi connectivity index (χ0v) is 10.2. The molecule has 0 heterocycles. The van der Waals surface area contributed by atoms with Crippen LogP contribution >= 0.6 is 11.8 Å². The highest BCUT2D eigenvalue weighted by molar-refractivity contribution is 7.98. The van der Waals surface area contributed by atoms with Gasteiger partial charge in [0.1, 0.15) is 5.75 Å². The Morgan fingerprint density at radius 2 is 2.13 bits per heavy atom. The van der Waals surface area contributed by atoms with Crippen LogP contribution in [-0.4, -0.2) is 18.6 Å². The van der Waals surface area contributed by atoms with Crippen LogP contribution in [0.15, 0.2) is 24.3 Å². The number of benzene rings is 1. The first-order valence-electron chi connectivity index (χ1n) is 5.22. The molecule has 2 N–H and O–H groups in total. The highest BCUT2D eigenvalue weighted by atomic mass is 32.2. The molecule has 1 aromatic rings. The predicted octanol–water partition coefficient (Wildman–Crippen LogP) is 2.84. The van der Waals surface area contributed by atoms with Crippen molar-refractivity contribution in [3.8, 4) is 5.75 Å². The van der Waals surface area contributed by atoms with Gasteiger partial charge >= 0.3 is 0 Å². The number of ether oxygens (including phenoxy) is 1. The molecule has 0 saturated heterocycles. The van der Waals surface area contributed by atoms with Gasteiger partial charge in [0.05, 0.1) is 6.61 Å². The van der Waals surface area contributed by atoms with Crippen LogP contribution in [0.3, 0.4) is 0 Å². The first-order valence-corrected chi connectivity index (χ1v) is 6.61. The Morgan fingerprint density at radius 3 is 2.80 bits per heavy atom. The monoisotopic (exact) mass is 225 g/mol. The van der Waals surface area contributed by atoms with E-state index in [4.69, 9.17) is 10.5 Å². The van der Waals surface area contributed by atoms with Crippen molar-refractivity contribution in [1.82, 2.24) is 0 Å². The van der Waals surface area contributed by atoms with Gasteiger partial charge in [-0.15, -0.1) is 0 Å². The first kappa shape index (κ1) is 12.4. The summed E-state index contributed by atoms with van der Waals surface area (Å²) in [6, 6.07) is 8.01. The predicted molar refractivity (Wildman–Crippen MR) is 67.5 cm³/mol. The number of hydrogen-bond donors (Lipinski definition) is 1. The summed E-state index contributed by atoms with van der Waals surface area (Å²) in [7, 11) is 0. The Balaban J connectivity index is 2.52. The molecule has 0 aromatic heterocycles. The summed E-state index contributed by atoms with van der Waals surface area (Å²) in [5.74, 6) is 2.06. The van der Waals surface area contributed by atoms with E-state index in [0.717, 1.165) is 30.1 Å². The van der Waals surface area contributed by atoms with E-state index in [9.17, 15) is 0 Å². The van der Waals surface area contributed by atoms with Gasteiger partial charge in [-0.1, -0.05) is 18.2 Å². The Labute approximate surface area is 96.2 Å². The second-order valence-electron chi connectivity index (χ2n) is 3.52. The van der Waals surface area contributed by atoms with Crippen LogP contribution < -0.4 is 10.5 Å². The molecule has 1 atom stereocenters. The van der Waals surface area contributed by atoms with Crippen LogP contribution in [-0.2, 0) is 0 Å². The van der Waals surface area contributed by atoms with Crippen LogP contribution in [0, 0.1) is 0 Å². The maximum Gasteiger partial charge on any atom is 0.124 e. The molecule has 0 amide bonds. The molecule has 0 spiro atoms. The molecule has 0 aliphatic rings. The van der Waals surface area contributed by atoms with E-state index in [-0.39, 0.29) is 6.04 Å². The first-order chi connectivity index (χ1) is 7.25. The minimum Gasteiger partial charge on any atom is -0.493 e. The van der Waals surface area contributed by atoms with E-state index in [1.54, 1.807) is 0 Å². The van der Waals surface area contributed by atoms with Crippen LogP contribution in [0.2, 0.25) is 0 Å². The standard InChI is InChI=1S/C12H19NOS/c1-10(13)11-6-3-4-7-12(11)14-8-5-9-15-2/h3-4,6-7,10H,5,8-9,13H2,1-2H3/t10-/m0/s1. The molecule has 0 fully saturated rings. The molecule has 0 bridgehead atoms. The van der Waals surface area contributed by atoms with E-state index in [1.165, 1.54) is 0 Å². The molecule has 1 rings (SSSR count). The van der Waals surface area contributed by atoms with E-state index in [2.05, 4.69) is 6.26 Å². The number of hydrogen-bond acceptors (Lipinski definition) is 3. The Hall–Kier alpha value is -0.670. The van der Waals surface area contributed by atoms with Gasteiger partial charge in [0.2, 0.25) is 0 Å². The Kier molecular flexibility index (Phi) is 5.58. The lowest BCUT2D eigenvalue weighted by Gasteiger charge is -2.13. The van der Waals surface area contributed by atoms with Gasteiger partial charge in [-0.05, 0) is 31.4 Å². The van der Waals surface area contributed by atoms with Crippen molar-refractivity contribution in [3.05, 3.63) is 29.8 Å². The number of thioether (sulfide) groups is 1. The second-order valence-corrected chi connectivity index (χ2v) is 4.51. The van der Waals surface area contributed by atoms with Crippen LogP contribution in [0.25, 0.3) is 0 Å². The van der Waals surface area contributed by atoms with Crippen LogP contribution in [0.1, 0.15) is 24.9 Å². The molecule has 0 unspecified atom stereocenters. The van der Waals surface area contributed by atoms with Gasteiger partial charge in [-0.25, -0.2) is 0 Å². The minimum atomic E-state index is 0.0294. The Bertz CT molecular complexity index is 289. The fraction of sp³-hybridized carbons (Fsp3) is 0.500. The molecule has 0 radical (unpaired) electrons. The average molecular weight is 225 g/mol. The maximum atomic E-state index is 5.86. The molecule has 84 valence electrons. The molecule has 0 aliphatic heterocycles. The van der Waals surface area contributed by atoms with E-state index in [0.29, 0.717) is 0 Å². The van der Waals surface area contributed by atoms with Crippen molar-refractivity contribution in [1.29, 1.82) is 0 Å². The lowest BCUT2D eigenvalue weighted by atomic mass is 10.1. The molecule has 0 aliphatic carbocycles. The van der Waals surface area contributed by atoms with Gasteiger partial charge in [0.15, 0.2) is 0 Å². The van der Waals surface area contributed by atoms with Gasteiger partial charge in [0, 0.05) is 11.6 Å². The highest BCUT2D eigenvalue weighted by Gasteiger charge is 2.06. The summed E-state index contributed by atoms with van der Waals surface area (Å²) in [5.41, 5.74) is 6.95. The number of nitrogens with two attached hydrogens (primary N) is 1. The number of para-hydroxylation sites is 1. The molecule has 3 heteroatoms. The van der Waals surface area contributed by atoms with E-state index in [1.807, 2.05) is 43.0 Å². The van der Waals surface area contributed by atoms with Crippen molar-refractivity contribution < 1.29 is 4.74 Å². The van der Waals surface area contributed by atoms with Crippen molar-refractivity contribution in [3.63, 3.8) is 0 Å². The third-order valence-corrected chi connectivity index (χ3v) is 2.86.